The van der Waals surface area contributed by atoms with Gasteiger partial charge < -0.3 is 0 Å². The van der Waals surface area contributed by atoms with Crippen LogP contribution in [0.3, 0.4) is 0 Å². The summed E-state index contributed by atoms with van der Waals surface area (Å²) in [4.78, 5) is 0. The highest BCUT2D eigenvalue weighted by molar-refractivity contribution is 5.29. The van der Waals surface area contributed by atoms with Crippen molar-refractivity contribution in [3.8, 4) is 0 Å². The largest absolute Gasteiger partial charge is 0.102 e. The second kappa shape index (κ2) is 3.21. The first-order valence-corrected chi connectivity index (χ1v) is 3.35. The van der Waals surface area contributed by atoms with Crippen LogP contribution in [-0.4, -0.2) is 0 Å². The number of hydrogen-bond acceptors (Lipinski definition) is 0. The normalized spacial score (nSPS) is 9.30. The smallest absolute Gasteiger partial charge is 0.0119 e. The van der Waals surface area contributed by atoms with Crippen LogP contribution in [-0.2, 0) is 0 Å². The van der Waals surface area contributed by atoms with Crippen LogP contribution < -0.4 is 0 Å². The van der Waals surface area contributed by atoms with Crippen LogP contribution in [0.1, 0.15) is 11.1 Å². The van der Waals surface area contributed by atoms with Crippen molar-refractivity contribution in [3.63, 3.8) is 0 Å². The highest BCUT2D eigenvalue weighted by Gasteiger charge is 1.86. The lowest BCUT2D eigenvalue weighted by molar-refractivity contribution is 1.43. The van der Waals surface area contributed by atoms with E-state index in [9.17, 15) is 0 Å². The van der Waals surface area contributed by atoms with Gasteiger partial charge in [-0.1, -0.05) is 35.9 Å². The Morgan fingerprint density at radius 1 is 1.40 bits per heavy atom. The Balaban J connectivity index is 2.78. The van der Waals surface area contributed by atoms with Gasteiger partial charge in [-0.3, -0.25) is 0 Å². The molecule has 0 spiro atoms. The summed E-state index contributed by atoms with van der Waals surface area (Å²) in [5, 5.41) is 0. The molecule has 0 bridgehead atoms. The van der Waals surface area contributed by atoms with Crippen molar-refractivity contribution in [1.82, 2.24) is 0 Å². The monoisotopic (exact) mass is 133 g/mol. The molecule has 0 atom stereocenters. The standard InChI is InChI=1S/C10H11/c1-3-4-10-7-5-9(2)6-8-10/h3-8H,1H2,2H3/i10+2. The van der Waals surface area contributed by atoms with Crippen LogP contribution in [0.25, 0.3) is 0 Å². The molecule has 0 heterocycles. The quantitative estimate of drug-likeness (QED) is 0.582. The molecule has 0 saturated heterocycles. The van der Waals surface area contributed by atoms with Crippen LogP contribution >= 0.6 is 0 Å². The van der Waals surface area contributed by atoms with Gasteiger partial charge >= 0.3 is 0 Å². The van der Waals surface area contributed by atoms with Gasteiger partial charge in [0.1, 0.15) is 0 Å². The molecule has 0 heteroatoms. The number of benzene rings is 1. The number of hydrogen-bond donors (Lipinski definition) is 0. The lowest BCUT2D eigenvalue weighted by Gasteiger charge is -1.94. The van der Waals surface area contributed by atoms with Gasteiger partial charge in [0, 0.05) is 6.42 Å². The molecule has 0 aliphatic rings. The minimum Gasteiger partial charge on any atom is -0.102 e. The molecule has 0 N–H and O–H groups in total. The summed E-state index contributed by atoms with van der Waals surface area (Å²) in [5.74, 6) is 0. The summed E-state index contributed by atoms with van der Waals surface area (Å²) in [6, 6.07) is 8.35. The molecule has 51 valence electrons. The molecule has 0 aliphatic carbocycles. The molecule has 10 heavy (non-hydrogen) atoms. The molecule has 0 aromatic heterocycles. The van der Waals surface area contributed by atoms with E-state index in [4.69, 9.17) is 0 Å². The fourth-order valence-electron chi connectivity index (χ4n) is 0.814. The molecule has 1 aromatic carbocycles. The molecular formula is C10H11. The van der Waals surface area contributed by atoms with Crippen LogP contribution in [0, 0.1) is 13.3 Å². The van der Waals surface area contributed by atoms with E-state index < -0.39 is 0 Å². The Hall–Kier alpha value is -1.04. The number of rotatable bonds is 2. The fraction of sp³-hybridized carbons (Fsp3) is 0.100. The molecule has 1 rings (SSSR count). The van der Waals surface area contributed by atoms with E-state index in [1.54, 1.807) is 6.08 Å². The van der Waals surface area contributed by atoms with Crippen LogP contribution in [0.5, 0.6) is 0 Å². The van der Waals surface area contributed by atoms with Gasteiger partial charge in [0.15, 0.2) is 0 Å². The van der Waals surface area contributed by atoms with Crippen molar-refractivity contribution < 1.29 is 0 Å². The molecular weight excluding hydrogens is 122 g/mol. The molecule has 0 amide bonds. The summed E-state index contributed by atoms with van der Waals surface area (Å²) in [7, 11) is 0. The second-order valence-corrected chi connectivity index (χ2v) is 2.31. The van der Waals surface area contributed by atoms with Gasteiger partial charge in [-0.25, -0.2) is 0 Å². The Kier molecular flexibility index (Phi) is 2.27. The van der Waals surface area contributed by atoms with Gasteiger partial charge in [-0.2, -0.15) is 0 Å². The first-order valence-electron chi connectivity index (χ1n) is 3.35. The summed E-state index contributed by atoms with van der Waals surface area (Å²) >= 11 is 0. The van der Waals surface area contributed by atoms with Gasteiger partial charge in [0.05, 0.1) is 0 Å². The summed E-state index contributed by atoms with van der Waals surface area (Å²) in [6.45, 7) is 5.70. The molecule has 0 unspecified atom stereocenters. The van der Waals surface area contributed by atoms with Crippen molar-refractivity contribution >= 4 is 0 Å². The first-order chi connectivity index (χ1) is 4.83. The number of aryl methyl sites for hydroxylation is 1. The van der Waals surface area contributed by atoms with Crippen molar-refractivity contribution in [2.24, 2.45) is 0 Å². The maximum atomic E-state index is 3.62. The zero-order valence-electron chi connectivity index (χ0n) is 6.17. The van der Waals surface area contributed by atoms with Crippen LogP contribution in [0.4, 0.5) is 0 Å². The number of allylic oxidation sites excluding steroid dienone is 1. The minimum atomic E-state index is 1.21. The van der Waals surface area contributed by atoms with Crippen LogP contribution in [0.2, 0.25) is 0 Å². The van der Waals surface area contributed by atoms with E-state index in [0.29, 0.717) is 0 Å². The van der Waals surface area contributed by atoms with Crippen LogP contribution in [0.15, 0.2) is 36.9 Å². The molecule has 1 radical (unpaired) electrons. The maximum Gasteiger partial charge on any atom is 0.0119 e. The SMILES string of the molecule is C=C[CH][14c]1ccc(C)cc1. The highest BCUT2D eigenvalue weighted by Crippen LogP contribution is 2.04. The van der Waals surface area contributed by atoms with Gasteiger partial charge in [-0.05, 0) is 12.5 Å². The summed E-state index contributed by atoms with van der Waals surface area (Å²) in [6.07, 6.45) is 3.78. The van der Waals surface area contributed by atoms with Gasteiger partial charge in [-0.15, -0.1) is 6.58 Å². The van der Waals surface area contributed by atoms with E-state index in [-0.39, 0.29) is 0 Å². The van der Waals surface area contributed by atoms with Crippen molar-refractivity contribution in [2.75, 3.05) is 0 Å². The third-order valence-electron chi connectivity index (χ3n) is 1.39. The molecule has 0 nitrogen and oxygen atoms in total. The zero-order chi connectivity index (χ0) is 7.40. The Morgan fingerprint density at radius 3 is 2.50 bits per heavy atom. The Morgan fingerprint density at radius 2 is 2.00 bits per heavy atom. The topological polar surface area (TPSA) is 0 Å². The third-order valence-corrected chi connectivity index (χ3v) is 1.39. The van der Waals surface area contributed by atoms with E-state index in [2.05, 4.69) is 37.8 Å². The van der Waals surface area contributed by atoms with Crippen molar-refractivity contribution in [2.45, 2.75) is 6.92 Å². The summed E-state index contributed by atoms with van der Waals surface area (Å²) < 4.78 is 0. The molecule has 0 fully saturated rings. The average Bonchev–Trinajstić information content (AvgIpc) is 1.95. The Labute approximate surface area is 62.2 Å². The molecule has 0 aliphatic heterocycles. The van der Waals surface area contributed by atoms with E-state index in [0.717, 1.165) is 0 Å². The molecule has 1 aromatic rings. The lowest BCUT2D eigenvalue weighted by atomic mass is 10.3. The van der Waals surface area contributed by atoms with E-state index in [1.165, 1.54) is 11.1 Å². The third kappa shape index (κ3) is 1.73. The first kappa shape index (κ1) is 7.07. The van der Waals surface area contributed by atoms with Crippen molar-refractivity contribution in [1.29, 1.82) is 0 Å². The minimum absolute atomic E-state index is 1.21. The summed E-state index contributed by atoms with van der Waals surface area (Å²) in [5.41, 5.74) is 2.50. The predicted octanol–water partition coefficient (Wildman–Crippen LogP) is 2.73. The average molecular weight is 133 g/mol. The van der Waals surface area contributed by atoms with E-state index in [1.807, 2.05) is 6.42 Å². The van der Waals surface area contributed by atoms with E-state index >= 15 is 0 Å². The van der Waals surface area contributed by atoms with Crippen molar-refractivity contribution in [3.05, 3.63) is 54.5 Å². The fourth-order valence-corrected chi connectivity index (χ4v) is 0.814. The lowest BCUT2D eigenvalue weighted by Crippen LogP contribution is -1.76. The zero-order valence-corrected chi connectivity index (χ0v) is 6.17. The molecule has 0 saturated carbocycles. The Bertz CT molecular complexity index is 206. The predicted molar refractivity (Wildman–Crippen MR) is 44.8 cm³/mol. The second-order valence-electron chi connectivity index (χ2n) is 2.31. The van der Waals surface area contributed by atoms with Gasteiger partial charge in [0.25, 0.3) is 0 Å². The maximum absolute atomic E-state index is 3.62. The van der Waals surface area contributed by atoms with Gasteiger partial charge in [0.2, 0.25) is 0 Å². The highest BCUT2D eigenvalue weighted by atomic mass is 14.9.